The van der Waals surface area contributed by atoms with Crippen molar-refractivity contribution in [1.29, 1.82) is 0 Å². The number of nitrogens with zero attached hydrogens (tertiary/aromatic N) is 1. The summed E-state index contributed by atoms with van der Waals surface area (Å²) in [4.78, 5) is 66.2. The van der Waals surface area contributed by atoms with Crippen LogP contribution in [-0.4, -0.2) is 65.3 Å². The zero-order chi connectivity index (χ0) is 29.5. The number of hydrogen-bond donors (Lipinski definition) is 8. The lowest BCUT2D eigenvalue weighted by Crippen LogP contribution is -2.58. The van der Waals surface area contributed by atoms with Crippen molar-refractivity contribution in [3.05, 3.63) is 29.8 Å². The van der Waals surface area contributed by atoms with E-state index in [1.165, 1.54) is 12.1 Å². The number of rotatable bonds is 17. The van der Waals surface area contributed by atoms with Crippen LogP contribution in [0.3, 0.4) is 0 Å². The number of amides is 5. The lowest BCUT2D eigenvalue weighted by atomic mass is 9.97. The molecule has 5 amide bonds. The van der Waals surface area contributed by atoms with Crippen LogP contribution >= 0.6 is 0 Å². The second-order valence-electron chi connectivity index (χ2n) is 9.26. The summed E-state index contributed by atoms with van der Waals surface area (Å²) in [6.07, 6.45) is 1.01. The Hall–Kier alpha value is -4.36. The number of aliphatic imine (C=N–C) groups is 1. The summed E-state index contributed by atoms with van der Waals surface area (Å²) in [6, 6.07) is 2.42. The van der Waals surface area contributed by atoms with Crippen LogP contribution in [0.15, 0.2) is 29.3 Å². The van der Waals surface area contributed by atoms with E-state index in [4.69, 9.17) is 22.9 Å². The van der Waals surface area contributed by atoms with Crippen LogP contribution < -0.4 is 38.9 Å². The number of phenolic OH excluding ortho intramolecular Hbond substituents is 1. The fraction of sp³-hybridized carbons (Fsp3) is 0.520. The Morgan fingerprint density at radius 3 is 2.05 bits per heavy atom. The molecule has 0 bridgehead atoms. The highest BCUT2D eigenvalue weighted by molar-refractivity contribution is 5.96. The third kappa shape index (κ3) is 12.6. The van der Waals surface area contributed by atoms with E-state index >= 15 is 0 Å². The first-order valence-electron chi connectivity index (χ1n) is 12.6. The zero-order valence-electron chi connectivity index (χ0n) is 22.3. The number of carbonyl (C=O) groups excluding carboxylic acids is 5. The van der Waals surface area contributed by atoms with Gasteiger partial charge in [-0.05, 0) is 36.5 Å². The first-order chi connectivity index (χ1) is 18.3. The molecule has 0 aliphatic rings. The minimum atomic E-state index is -1.34. The van der Waals surface area contributed by atoms with Gasteiger partial charge in [0.1, 0.15) is 23.9 Å². The molecule has 0 spiro atoms. The van der Waals surface area contributed by atoms with E-state index in [1.54, 1.807) is 19.1 Å². The summed E-state index contributed by atoms with van der Waals surface area (Å²) < 4.78 is 0. The molecule has 0 aromatic heterocycles. The second kappa shape index (κ2) is 16.5. The van der Waals surface area contributed by atoms with Gasteiger partial charge in [0.05, 0.1) is 6.42 Å². The number of aromatic hydroxyl groups is 1. The van der Waals surface area contributed by atoms with Gasteiger partial charge in [0.2, 0.25) is 29.5 Å². The highest BCUT2D eigenvalue weighted by Gasteiger charge is 2.31. The molecule has 0 radical (unpaired) electrons. The molecule has 4 unspecified atom stereocenters. The molecule has 0 fully saturated rings. The Kier molecular flexibility index (Phi) is 13.8. The summed E-state index contributed by atoms with van der Waals surface area (Å²) >= 11 is 0. The Morgan fingerprint density at radius 1 is 0.897 bits per heavy atom. The molecular formula is C25H40N8O6. The Labute approximate surface area is 227 Å². The SMILES string of the molecule is CCC(C)C(NC(=O)C(Cc1ccc(O)cc1)NC(=O)C(CC(N)=O)NC(=O)CCCCN=C(N)N)C(N)=O. The monoisotopic (exact) mass is 548 g/mol. The number of benzene rings is 1. The van der Waals surface area contributed by atoms with Gasteiger partial charge in [0.25, 0.3) is 0 Å². The van der Waals surface area contributed by atoms with Crippen LogP contribution in [0, 0.1) is 5.92 Å². The van der Waals surface area contributed by atoms with Crippen LogP contribution in [0.5, 0.6) is 5.75 Å². The maximum absolute atomic E-state index is 13.2. The van der Waals surface area contributed by atoms with E-state index in [1.807, 2.05) is 6.92 Å². The first kappa shape index (κ1) is 32.7. The van der Waals surface area contributed by atoms with Crippen molar-refractivity contribution in [3.63, 3.8) is 0 Å². The van der Waals surface area contributed by atoms with Crippen molar-refractivity contribution in [1.82, 2.24) is 16.0 Å². The van der Waals surface area contributed by atoms with Crippen molar-refractivity contribution in [2.24, 2.45) is 33.8 Å². The molecule has 0 aliphatic heterocycles. The summed E-state index contributed by atoms with van der Waals surface area (Å²) in [7, 11) is 0. The van der Waals surface area contributed by atoms with Gasteiger partial charge in [-0.1, -0.05) is 32.4 Å². The molecule has 14 heteroatoms. The molecule has 1 aromatic carbocycles. The van der Waals surface area contributed by atoms with E-state index in [-0.39, 0.29) is 30.5 Å². The number of hydrogen-bond acceptors (Lipinski definition) is 7. The quantitative estimate of drug-likeness (QED) is 0.0626. The standard InChI is InChI=1S/C25H40N8O6/c1-3-14(2)21(22(27)37)33-24(39)17(12-15-7-9-16(34)10-8-15)32-23(38)18(13-19(26)35)31-20(36)6-4-5-11-30-25(28)29/h7-10,14,17-18,21,34H,3-6,11-13H2,1-2H3,(H2,26,35)(H2,27,37)(H,31,36)(H,32,38)(H,33,39)(H4,28,29,30). The minimum Gasteiger partial charge on any atom is -0.508 e. The number of phenols is 1. The van der Waals surface area contributed by atoms with E-state index in [2.05, 4.69) is 20.9 Å². The summed E-state index contributed by atoms with van der Waals surface area (Å²) in [5, 5.41) is 17.2. The van der Waals surface area contributed by atoms with Crippen LogP contribution in [0.2, 0.25) is 0 Å². The summed E-state index contributed by atoms with van der Waals surface area (Å²) in [6.45, 7) is 3.91. The number of nitrogens with two attached hydrogens (primary N) is 4. The van der Waals surface area contributed by atoms with Gasteiger partial charge in [-0.25, -0.2) is 0 Å². The average Bonchev–Trinajstić information content (AvgIpc) is 2.86. The van der Waals surface area contributed by atoms with Gasteiger partial charge in [-0.15, -0.1) is 0 Å². The lowest BCUT2D eigenvalue weighted by molar-refractivity contribution is -0.134. The van der Waals surface area contributed by atoms with Crippen molar-refractivity contribution >= 4 is 35.5 Å². The van der Waals surface area contributed by atoms with Gasteiger partial charge < -0.3 is 44.0 Å². The van der Waals surface area contributed by atoms with Crippen LogP contribution in [0.4, 0.5) is 0 Å². The maximum atomic E-state index is 13.2. The van der Waals surface area contributed by atoms with Crippen LogP contribution in [0.1, 0.15) is 51.5 Å². The molecule has 0 aliphatic carbocycles. The van der Waals surface area contributed by atoms with Gasteiger partial charge in [-0.3, -0.25) is 29.0 Å². The van der Waals surface area contributed by atoms with Crippen LogP contribution in [0.25, 0.3) is 0 Å². The normalized spacial score (nSPS) is 13.7. The molecule has 1 rings (SSSR count). The molecule has 0 saturated heterocycles. The number of carbonyl (C=O) groups is 5. The molecule has 12 N–H and O–H groups in total. The predicted octanol–water partition coefficient (Wildman–Crippen LogP) is -1.76. The Balaban J connectivity index is 3.05. The Bertz CT molecular complexity index is 1030. The molecule has 0 heterocycles. The zero-order valence-corrected chi connectivity index (χ0v) is 22.3. The number of guanidine groups is 1. The van der Waals surface area contributed by atoms with Crippen molar-refractivity contribution in [2.45, 2.75) is 70.5 Å². The fourth-order valence-corrected chi connectivity index (χ4v) is 3.62. The molecule has 14 nitrogen and oxygen atoms in total. The van der Waals surface area contributed by atoms with E-state index < -0.39 is 54.1 Å². The summed E-state index contributed by atoms with van der Waals surface area (Å²) in [5.41, 5.74) is 21.9. The van der Waals surface area contributed by atoms with Crippen LogP contribution in [-0.2, 0) is 30.4 Å². The maximum Gasteiger partial charge on any atom is 0.243 e. The molecular weight excluding hydrogens is 508 g/mol. The third-order valence-electron chi connectivity index (χ3n) is 5.99. The third-order valence-corrected chi connectivity index (χ3v) is 5.99. The lowest BCUT2D eigenvalue weighted by Gasteiger charge is -2.26. The predicted molar refractivity (Wildman–Crippen MR) is 145 cm³/mol. The smallest absolute Gasteiger partial charge is 0.243 e. The molecule has 4 atom stereocenters. The van der Waals surface area contributed by atoms with E-state index in [0.29, 0.717) is 31.4 Å². The topological polar surface area (TPSA) is 258 Å². The molecule has 39 heavy (non-hydrogen) atoms. The largest absolute Gasteiger partial charge is 0.508 e. The van der Waals surface area contributed by atoms with Crippen molar-refractivity contribution in [2.75, 3.05) is 6.54 Å². The molecule has 1 aromatic rings. The van der Waals surface area contributed by atoms with Gasteiger partial charge in [0.15, 0.2) is 5.96 Å². The molecule has 0 saturated carbocycles. The average molecular weight is 549 g/mol. The molecule has 216 valence electrons. The number of unbranched alkanes of at least 4 members (excludes halogenated alkanes) is 1. The minimum absolute atomic E-state index is 0.0110. The fourth-order valence-electron chi connectivity index (χ4n) is 3.62. The van der Waals surface area contributed by atoms with Crippen molar-refractivity contribution in [3.8, 4) is 5.75 Å². The number of nitrogens with one attached hydrogen (secondary N) is 3. The van der Waals surface area contributed by atoms with Gasteiger partial charge in [0, 0.05) is 19.4 Å². The second-order valence-corrected chi connectivity index (χ2v) is 9.26. The van der Waals surface area contributed by atoms with Gasteiger partial charge >= 0.3 is 0 Å². The Morgan fingerprint density at radius 2 is 1.51 bits per heavy atom. The summed E-state index contributed by atoms with van der Waals surface area (Å²) in [5.74, 6) is -3.91. The highest BCUT2D eigenvalue weighted by atomic mass is 16.3. The number of primary amides is 2. The first-order valence-corrected chi connectivity index (χ1v) is 12.6. The van der Waals surface area contributed by atoms with E-state index in [9.17, 15) is 29.1 Å². The van der Waals surface area contributed by atoms with Crippen molar-refractivity contribution < 1.29 is 29.1 Å². The highest BCUT2D eigenvalue weighted by Crippen LogP contribution is 2.13. The van der Waals surface area contributed by atoms with E-state index in [0.717, 1.165) is 0 Å². The van der Waals surface area contributed by atoms with Gasteiger partial charge in [-0.2, -0.15) is 0 Å².